The van der Waals surface area contributed by atoms with Gasteiger partial charge in [0.05, 0.1) is 4.90 Å². The lowest BCUT2D eigenvalue weighted by Crippen LogP contribution is -2.39. The Balaban J connectivity index is 1.51. The van der Waals surface area contributed by atoms with Crippen LogP contribution in [0.15, 0.2) is 64.5 Å². The van der Waals surface area contributed by atoms with E-state index in [2.05, 4.69) is 10.3 Å². The normalized spacial score (nSPS) is 17.0. The van der Waals surface area contributed by atoms with Gasteiger partial charge in [-0.25, -0.2) is 8.42 Å². The van der Waals surface area contributed by atoms with E-state index in [1.54, 1.807) is 28.6 Å². The number of nitrogens with two attached hydrogens (primary N) is 1. The minimum absolute atomic E-state index is 0.339. The highest BCUT2D eigenvalue weighted by molar-refractivity contribution is 7.89. The first kappa shape index (κ1) is 19.4. The maximum Gasteiger partial charge on any atom is 0.243 e. The number of sulfonamides is 1. The number of rotatable bonds is 5. The maximum atomic E-state index is 12.7. The minimum Gasteiger partial charge on any atom is -0.370 e. The van der Waals surface area contributed by atoms with Crippen molar-refractivity contribution in [2.45, 2.75) is 24.7 Å². The quantitative estimate of drug-likeness (QED) is 0.611. The smallest absolute Gasteiger partial charge is 0.243 e. The van der Waals surface area contributed by atoms with Gasteiger partial charge in [0, 0.05) is 25.3 Å². The Kier molecular flexibility index (Phi) is 6.13. The van der Waals surface area contributed by atoms with Crippen molar-refractivity contribution in [3.05, 3.63) is 60.2 Å². The summed E-state index contributed by atoms with van der Waals surface area (Å²) in [6.07, 6.45) is 1.57. The van der Waals surface area contributed by atoms with E-state index in [1.807, 2.05) is 37.3 Å². The number of piperidine rings is 1. The molecule has 3 rings (SSSR count). The van der Waals surface area contributed by atoms with E-state index in [0.29, 0.717) is 36.4 Å². The zero-order valence-corrected chi connectivity index (χ0v) is 16.3. The number of nitrogens with one attached hydrogen (secondary N) is 1. The van der Waals surface area contributed by atoms with Gasteiger partial charge < -0.3 is 11.1 Å². The molecule has 6 nitrogen and oxygen atoms in total. The Morgan fingerprint density at radius 1 is 1.11 bits per heavy atom. The molecule has 0 spiro atoms. The molecule has 2 aromatic rings. The number of guanidine groups is 1. The fourth-order valence-electron chi connectivity index (χ4n) is 3.13. The number of anilines is 1. The molecule has 3 N–H and O–H groups in total. The molecule has 0 aromatic heterocycles. The van der Waals surface area contributed by atoms with Crippen molar-refractivity contribution in [1.29, 1.82) is 0 Å². The summed E-state index contributed by atoms with van der Waals surface area (Å²) in [5.41, 5.74) is 8.06. The molecule has 0 radical (unpaired) electrons. The van der Waals surface area contributed by atoms with Crippen LogP contribution in [0.4, 0.5) is 5.69 Å². The summed E-state index contributed by atoms with van der Waals surface area (Å²) in [6, 6.07) is 16.5. The first-order chi connectivity index (χ1) is 12.9. The van der Waals surface area contributed by atoms with Crippen molar-refractivity contribution >= 4 is 21.7 Å². The van der Waals surface area contributed by atoms with E-state index in [-0.39, 0.29) is 0 Å². The second-order valence-corrected chi connectivity index (χ2v) is 8.82. The highest BCUT2D eigenvalue weighted by Gasteiger charge is 2.29. The van der Waals surface area contributed by atoms with Crippen LogP contribution in [-0.4, -0.2) is 38.3 Å². The molecule has 2 aromatic carbocycles. The van der Waals surface area contributed by atoms with Crippen LogP contribution < -0.4 is 11.1 Å². The first-order valence-electron chi connectivity index (χ1n) is 9.14. The molecular weight excluding hydrogens is 360 g/mol. The molecular formula is C20H26N4O2S. The Morgan fingerprint density at radius 2 is 1.74 bits per heavy atom. The Hall–Kier alpha value is -2.38. The molecule has 0 aliphatic carbocycles. The van der Waals surface area contributed by atoms with Crippen molar-refractivity contribution in [3.8, 4) is 0 Å². The summed E-state index contributed by atoms with van der Waals surface area (Å²) in [6.45, 7) is 3.67. The summed E-state index contributed by atoms with van der Waals surface area (Å²) in [5, 5.41) is 3.08. The van der Waals surface area contributed by atoms with E-state index in [0.717, 1.165) is 18.5 Å². The maximum absolute atomic E-state index is 12.7. The Labute approximate surface area is 161 Å². The van der Waals surface area contributed by atoms with E-state index in [1.165, 1.54) is 5.56 Å². The number of hydrogen-bond donors (Lipinski definition) is 2. The minimum atomic E-state index is -3.40. The van der Waals surface area contributed by atoms with Crippen molar-refractivity contribution in [1.82, 2.24) is 4.31 Å². The molecule has 7 heteroatoms. The van der Waals surface area contributed by atoms with Gasteiger partial charge in [-0.3, -0.25) is 4.99 Å². The van der Waals surface area contributed by atoms with Crippen molar-refractivity contribution in [2.24, 2.45) is 16.6 Å². The van der Waals surface area contributed by atoms with E-state index in [4.69, 9.17) is 5.73 Å². The van der Waals surface area contributed by atoms with Gasteiger partial charge in [-0.15, -0.1) is 0 Å². The summed E-state index contributed by atoms with van der Waals surface area (Å²) < 4.78 is 26.9. The van der Waals surface area contributed by atoms with Crippen LogP contribution in [0, 0.1) is 12.8 Å². The fraction of sp³-hybridized carbons (Fsp3) is 0.350. The Bertz CT molecular complexity index is 872. The van der Waals surface area contributed by atoms with E-state index >= 15 is 0 Å². The highest BCUT2D eigenvalue weighted by atomic mass is 32.2. The van der Waals surface area contributed by atoms with Gasteiger partial charge in [0.25, 0.3) is 0 Å². The van der Waals surface area contributed by atoms with Crippen LogP contribution >= 0.6 is 0 Å². The average Bonchev–Trinajstić information content (AvgIpc) is 2.69. The molecule has 1 aliphatic rings. The molecule has 0 atom stereocenters. The number of nitrogens with zero attached hydrogens (tertiary/aromatic N) is 2. The lowest BCUT2D eigenvalue weighted by atomic mass is 9.98. The summed E-state index contributed by atoms with van der Waals surface area (Å²) >= 11 is 0. The van der Waals surface area contributed by atoms with Gasteiger partial charge in [-0.2, -0.15) is 4.31 Å². The lowest BCUT2D eigenvalue weighted by molar-refractivity contribution is 0.279. The standard InChI is InChI=1S/C20H26N4O2S/c1-16-7-9-18(10-8-16)23-20(21)22-15-17-11-13-24(14-12-17)27(25,26)19-5-3-2-4-6-19/h2-10,17H,11-15H2,1H3,(H3,21,22,23). The highest BCUT2D eigenvalue weighted by Crippen LogP contribution is 2.23. The van der Waals surface area contributed by atoms with Crippen LogP contribution in [0.1, 0.15) is 18.4 Å². The molecule has 0 unspecified atom stereocenters. The Morgan fingerprint density at radius 3 is 2.37 bits per heavy atom. The summed E-state index contributed by atoms with van der Waals surface area (Å²) in [4.78, 5) is 4.78. The summed E-state index contributed by atoms with van der Waals surface area (Å²) in [5.74, 6) is 0.726. The third-order valence-electron chi connectivity index (χ3n) is 4.80. The molecule has 1 fully saturated rings. The van der Waals surface area contributed by atoms with Crippen LogP contribution in [0.5, 0.6) is 0 Å². The zero-order chi connectivity index (χ0) is 19.3. The van der Waals surface area contributed by atoms with Crippen molar-refractivity contribution in [3.63, 3.8) is 0 Å². The average molecular weight is 387 g/mol. The predicted molar refractivity (Wildman–Crippen MR) is 109 cm³/mol. The van der Waals surface area contributed by atoms with Crippen LogP contribution in [0.3, 0.4) is 0 Å². The van der Waals surface area contributed by atoms with Gasteiger partial charge >= 0.3 is 0 Å². The molecule has 27 heavy (non-hydrogen) atoms. The van der Waals surface area contributed by atoms with Crippen molar-refractivity contribution in [2.75, 3.05) is 25.0 Å². The monoisotopic (exact) mass is 386 g/mol. The van der Waals surface area contributed by atoms with Gasteiger partial charge in [0.15, 0.2) is 5.96 Å². The third kappa shape index (κ3) is 5.08. The molecule has 144 valence electrons. The van der Waals surface area contributed by atoms with Crippen LogP contribution in [0.25, 0.3) is 0 Å². The number of benzene rings is 2. The fourth-order valence-corrected chi connectivity index (χ4v) is 4.62. The van der Waals surface area contributed by atoms with Gasteiger partial charge in [-0.05, 0) is 49.9 Å². The molecule has 1 saturated heterocycles. The third-order valence-corrected chi connectivity index (χ3v) is 6.71. The van der Waals surface area contributed by atoms with Gasteiger partial charge in [0.1, 0.15) is 0 Å². The first-order valence-corrected chi connectivity index (χ1v) is 10.6. The predicted octanol–water partition coefficient (Wildman–Crippen LogP) is 2.82. The number of aliphatic imine (C=N–C) groups is 1. The molecule has 0 saturated carbocycles. The lowest BCUT2D eigenvalue weighted by Gasteiger charge is -2.30. The zero-order valence-electron chi connectivity index (χ0n) is 15.5. The topological polar surface area (TPSA) is 87.8 Å². The SMILES string of the molecule is Cc1ccc(NC(N)=NCC2CCN(S(=O)(=O)c3ccccc3)CC2)cc1. The van der Waals surface area contributed by atoms with Crippen LogP contribution in [0.2, 0.25) is 0 Å². The van der Waals surface area contributed by atoms with Gasteiger partial charge in [-0.1, -0.05) is 35.9 Å². The van der Waals surface area contributed by atoms with Crippen LogP contribution in [-0.2, 0) is 10.0 Å². The number of aryl methyl sites for hydroxylation is 1. The van der Waals surface area contributed by atoms with Gasteiger partial charge in [0.2, 0.25) is 10.0 Å². The molecule has 0 bridgehead atoms. The van der Waals surface area contributed by atoms with E-state index in [9.17, 15) is 8.42 Å². The second-order valence-electron chi connectivity index (χ2n) is 6.88. The second kappa shape index (κ2) is 8.54. The van der Waals surface area contributed by atoms with E-state index < -0.39 is 10.0 Å². The largest absolute Gasteiger partial charge is 0.370 e. The molecule has 0 amide bonds. The summed E-state index contributed by atoms with van der Waals surface area (Å²) in [7, 11) is -3.40. The molecule has 1 aliphatic heterocycles. The van der Waals surface area contributed by atoms with Crippen molar-refractivity contribution < 1.29 is 8.42 Å². The number of hydrogen-bond acceptors (Lipinski definition) is 3. The molecule has 1 heterocycles.